The minimum Gasteiger partial charge on any atom is -0.378 e. The maximum absolute atomic E-state index is 13.3. The number of nitrogens with zero attached hydrogens (tertiary/aromatic N) is 4. The van der Waals surface area contributed by atoms with Gasteiger partial charge in [0.15, 0.2) is 0 Å². The van der Waals surface area contributed by atoms with E-state index in [4.69, 9.17) is 4.74 Å². The van der Waals surface area contributed by atoms with Crippen molar-refractivity contribution < 1.29 is 19.5 Å². The first kappa shape index (κ1) is 31.1. The highest BCUT2D eigenvalue weighted by Crippen LogP contribution is 2.26. The molecule has 3 N–H and O–H groups in total. The van der Waals surface area contributed by atoms with Gasteiger partial charge < -0.3 is 25.2 Å². The zero-order valence-corrected chi connectivity index (χ0v) is 25.2. The van der Waals surface area contributed by atoms with E-state index in [9.17, 15) is 14.8 Å². The van der Waals surface area contributed by atoms with Crippen molar-refractivity contribution >= 4 is 29.0 Å². The summed E-state index contributed by atoms with van der Waals surface area (Å²) in [7, 11) is 4.12. The van der Waals surface area contributed by atoms with E-state index in [2.05, 4.69) is 53.4 Å². The van der Waals surface area contributed by atoms with Gasteiger partial charge in [0.05, 0.1) is 18.9 Å². The number of hydroxylamine groups is 1. The molecule has 2 heterocycles. The Labute approximate surface area is 248 Å². The van der Waals surface area contributed by atoms with E-state index in [1.54, 1.807) is 55.6 Å². The van der Waals surface area contributed by atoms with Crippen LogP contribution >= 0.6 is 0 Å². The molecule has 0 saturated carbocycles. The lowest BCUT2D eigenvalue weighted by Gasteiger charge is -2.28. The second kappa shape index (κ2) is 13.9. The SMILES string of the molecule is Cc1ccc(NC(=O)c2ccnc(N3CCOCC3)c2)cc1N(O)C(=O)c1cccc(CNCC(C)(C)CN(C)C)c1. The predicted molar refractivity (Wildman–Crippen MR) is 165 cm³/mol. The second-order valence-corrected chi connectivity index (χ2v) is 11.8. The summed E-state index contributed by atoms with van der Waals surface area (Å²) in [6, 6.07) is 15.7. The van der Waals surface area contributed by atoms with E-state index in [-0.39, 0.29) is 17.0 Å². The van der Waals surface area contributed by atoms with Gasteiger partial charge in [-0.25, -0.2) is 4.98 Å². The van der Waals surface area contributed by atoms with Crippen molar-refractivity contribution in [3.8, 4) is 0 Å². The number of anilines is 3. The van der Waals surface area contributed by atoms with Gasteiger partial charge in [0.25, 0.3) is 11.8 Å². The summed E-state index contributed by atoms with van der Waals surface area (Å²) in [5.41, 5.74) is 3.29. The predicted octanol–water partition coefficient (Wildman–Crippen LogP) is 4.19. The van der Waals surface area contributed by atoms with Crippen LogP contribution in [0.25, 0.3) is 0 Å². The van der Waals surface area contributed by atoms with Crippen LogP contribution in [0.2, 0.25) is 0 Å². The standard InChI is InChI=1S/C32H42N6O4/c1-23-9-10-27(35-30(39)25-11-12-34-29(18-25)37-13-15-42-16-14-37)19-28(23)38(41)31(40)26-8-6-7-24(17-26)20-33-21-32(2,3)22-36(4)5/h6-12,17-19,33,41H,13-16,20-22H2,1-5H3,(H,35,39). The van der Waals surface area contributed by atoms with Crippen molar-refractivity contribution in [1.29, 1.82) is 0 Å². The topological polar surface area (TPSA) is 110 Å². The summed E-state index contributed by atoms with van der Waals surface area (Å²) in [6.45, 7) is 11.3. The van der Waals surface area contributed by atoms with Crippen LogP contribution in [0, 0.1) is 12.3 Å². The molecule has 1 aliphatic heterocycles. The van der Waals surface area contributed by atoms with Gasteiger partial charge in [-0.05, 0) is 74.0 Å². The third-order valence-corrected chi connectivity index (χ3v) is 7.08. The number of carbonyl (C=O) groups excluding carboxylic acids is 2. The fourth-order valence-electron chi connectivity index (χ4n) is 5.15. The van der Waals surface area contributed by atoms with Gasteiger partial charge in [-0.15, -0.1) is 0 Å². The van der Waals surface area contributed by atoms with Crippen LogP contribution in [0.5, 0.6) is 0 Å². The Hall–Kier alpha value is -3.83. The Balaban J connectivity index is 1.42. The molecular weight excluding hydrogens is 532 g/mol. The number of rotatable bonds is 11. The van der Waals surface area contributed by atoms with Gasteiger partial charge in [0, 0.05) is 55.7 Å². The Morgan fingerprint density at radius 2 is 1.81 bits per heavy atom. The number of hydrogen-bond donors (Lipinski definition) is 3. The molecule has 0 unspecified atom stereocenters. The zero-order chi connectivity index (χ0) is 30.3. The molecule has 1 aliphatic rings. The highest BCUT2D eigenvalue weighted by molar-refractivity contribution is 6.07. The summed E-state index contributed by atoms with van der Waals surface area (Å²) in [6.07, 6.45) is 1.61. The molecule has 2 aromatic carbocycles. The maximum Gasteiger partial charge on any atom is 0.282 e. The number of aryl methyl sites for hydroxylation is 1. The van der Waals surface area contributed by atoms with Crippen LogP contribution in [-0.2, 0) is 11.3 Å². The summed E-state index contributed by atoms with van der Waals surface area (Å²) in [4.78, 5) is 35.0. The monoisotopic (exact) mass is 574 g/mol. The van der Waals surface area contributed by atoms with Gasteiger partial charge in [-0.1, -0.05) is 32.0 Å². The lowest BCUT2D eigenvalue weighted by atomic mass is 9.93. The molecule has 4 rings (SSSR count). The Morgan fingerprint density at radius 3 is 2.55 bits per heavy atom. The van der Waals surface area contributed by atoms with Gasteiger partial charge in [-0.2, -0.15) is 5.06 Å². The summed E-state index contributed by atoms with van der Waals surface area (Å²) >= 11 is 0. The molecule has 10 nitrogen and oxygen atoms in total. The van der Waals surface area contributed by atoms with E-state index in [1.165, 1.54) is 0 Å². The van der Waals surface area contributed by atoms with Crippen molar-refractivity contribution in [3.05, 3.63) is 83.0 Å². The van der Waals surface area contributed by atoms with Crippen LogP contribution in [0.3, 0.4) is 0 Å². The van der Waals surface area contributed by atoms with Crippen LogP contribution in [-0.4, -0.2) is 80.4 Å². The summed E-state index contributed by atoms with van der Waals surface area (Å²) in [5, 5.41) is 18.0. The summed E-state index contributed by atoms with van der Waals surface area (Å²) in [5.74, 6) is -0.149. The number of nitrogens with one attached hydrogen (secondary N) is 2. The largest absolute Gasteiger partial charge is 0.378 e. The fraction of sp³-hybridized carbons (Fsp3) is 0.406. The van der Waals surface area contributed by atoms with Crippen molar-refractivity contribution in [2.24, 2.45) is 5.41 Å². The van der Waals surface area contributed by atoms with Gasteiger partial charge in [-0.3, -0.25) is 14.8 Å². The maximum atomic E-state index is 13.3. The Kier molecular flexibility index (Phi) is 10.3. The van der Waals surface area contributed by atoms with Crippen LogP contribution < -0.4 is 20.6 Å². The zero-order valence-electron chi connectivity index (χ0n) is 25.2. The number of aromatic nitrogens is 1. The van der Waals surface area contributed by atoms with Gasteiger partial charge in [0.2, 0.25) is 0 Å². The molecule has 0 spiro atoms. The third kappa shape index (κ3) is 8.36. The van der Waals surface area contributed by atoms with Crippen molar-refractivity contribution in [3.63, 3.8) is 0 Å². The third-order valence-electron chi connectivity index (χ3n) is 7.08. The van der Waals surface area contributed by atoms with E-state index < -0.39 is 5.91 Å². The van der Waals surface area contributed by atoms with E-state index in [0.29, 0.717) is 60.3 Å². The average Bonchev–Trinajstić information content (AvgIpc) is 2.97. The van der Waals surface area contributed by atoms with Crippen molar-refractivity contribution in [2.45, 2.75) is 27.3 Å². The van der Waals surface area contributed by atoms with E-state index in [0.717, 1.165) is 24.5 Å². The minimum atomic E-state index is -0.555. The van der Waals surface area contributed by atoms with E-state index in [1.807, 2.05) is 12.1 Å². The number of pyridine rings is 1. The molecule has 1 fully saturated rings. The fourth-order valence-corrected chi connectivity index (χ4v) is 5.15. The highest BCUT2D eigenvalue weighted by Gasteiger charge is 2.21. The molecule has 224 valence electrons. The quantitative estimate of drug-likeness (QED) is 0.231. The first-order valence-corrected chi connectivity index (χ1v) is 14.2. The van der Waals surface area contributed by atoms with Crippen LogP contribution in [0.1, 0.15) is 45.7 Å². The molecule has 42 heavy (non-hydrogen) atoms. The Bertz CT molecular complexity index is 1390. The molecule has 0 bridgehead atoms. The summed E-state index contributed by atoms with van der Waals surface area (Å²) < 4.78 is 5.40. The van der Waals surface area contributed by atoms with Crippen molar-refractivity contribution in [2.75, 3.05) is 68.8 Å². The number of morpholine rings is 1. The van der Waals surface area contributed by atoms with Crippen LogP contribution in [0.4, 0.5) is 17.2 Å². The molecule has 0 radical (unpaired) electrons. The smallest absolute Gasteiger partial charge is 0.282 e. The molecule has 3 aromatic rings. The van der Waals surface area contributed by atoms with Gasteiger partial charge in [0.1, 0.15) is 5.82 Å². The molecule has 1 saturated heterocycles. The first-order valence-electron chi connectivity index (χ1n) is 14.2. The number of carbonyl (C=O) groups is 2. The molecule has 1 aromatic heterocycles. The number of ether oxygens (including phenoxy) is 1. The first-order chi connectivity index (χ1) is 20.0. The Morgan fingerprint density at radius 1 is 1.05 bits per heavy atom. The molecule has 0 atom stereocenters. The van der Waals surface area contributed by atoms with Gasteiger partial charge >= 0.3 is 0 Å². The average molecular weight is 575 g/mol. The highest BCUT2D eigenvalue weighted by atomic mass is 16.5. The normalized spacial score (nSPS) is 13.7. The number of hydrogen-bond acceptors (Lipinski definition) is 8. The second-order valence-electron chi connectivity index (χ2n) is 11.8. The lowest BCUT2D eigenvalue weighted by molar-refractivity contribution is 0.0854. The number of amides is 2. The lowest BCUT2D eigenvalue weighted by Crippen LogP contribution is -2.37. The number of benzene rings is 2. The molecule has 2 amide bonds. The molecular formula is C32H42N6O4. The van der Waals surface area contributed by atoms with E-state index >= 15 is 0 Å². The molecule has 0 aliphatic carbocycles. The van der Waals surface area contributed by atoms with Crippen LogP contribution in [0.15, 0.2) is 60.8 Å². The minimum absolute atomic E-state index is 0.0964. The van der Waals surface area contributed by atoms with Crippen molar-refractivity contribution in [1.82, 2.24) is 15.2 Å². The molecule has 10 heteroatoms.